The first-order valence-corrected chi connectivity index (χ1v) is 14.6. The molecule has 222 valence electrons. The van der Waals surface area contributed by atoms with Gasteiger partial charge in [-0.15, -0.1) is 0 Å². The molecule has 0 spiro atoms. The smallest absolute Gasteiger partial charge is 0.261 e. The van der Waals surface area contributed by atoms with E-state index in [2.05, 4.69) is 10.5 Å². The number of carbonyl (C=O) groups excluding carboxylic acids is 3. The van der Waals surface area contributed by atoms with Gasteiger partial charge in [0.1, 0.15) is 23.1 Å². The Morgan fingerprint density at radius 1 is 0.622 bits per heavy atom. The van der Waals surface area contributed by atoms with Crippen LogP contribution in [0.5, 0.6) is 0 Å². The van der Waals surface area contributed by atoms with Crippen LogP contribution < -0.4 is 20.5 Å². The van der Waals surface area contributed by atoms with Gasteiger partial charge in [0, 0.05) is 5.71 Å². The maximum atomic E-state index is 15.1. The molecule has 45 heavy (non-hydrogen) atoms. The first kappa shape index (κ1) is 27.9. The number of benzene rings is 4. The summed E-state index contributed by atoms with van der Waals surface area (Å²) in [5.41, 5.74) is 4.33. The van der Waals surface area contributed by atoms with Crippen molar-refractivity contribution in [2.75, 3.05) is 15.0 Å². The van der Waals surface area contributed by atoms with Crippen molar-refractivity contribution in [3.05, 3.63) is 121 Å². The van der Waals surface area contributed by atoms with Gasteiger partial charge < -0.3 is 0 Å². The highest BCUT2D eigenvalue weighted by Crippen LogP contribution is 2.51. The third-order valence-corrected chi connectivity index (χ3v) is 8.43. The lowest BCUT2D eigenvalue weighted by Crippen LogP contribution is -2.58. The minimum Gasteiger partial charge on any atom is -0.277 e. The Morgan fingerprint density at radius 2 is 1.13 bits per heavy atom. The summed E-state index contributed by atoms with van der Waals surface area (Å²) in [5, 5.41) is 13.4. The van der Waals surface area contributed by atoms with Gasteiger partial charge in [-0.05, 0) is 62.4 Å². The van der Waals surface area contributed by atoms with E-state index in [1.807, 2.05) is 72.8 Å². The molecule has 3 aliphatic rings. The van der Waals surface area contributed by atoms with E-state index >= 15 is 4.79 Å². The minimum atomic E-state index is -1.79. The molecule has 0 unspecified atom stereocenters. The number of nitrogens with zero attached hydrogens (tertiary/aromatic N) is 6. The van der Waals surface area contributed by atoms with Crippen molar-refractivity contribution in [3.8, 4) is 0 Å². The largest absolute Gasteiger partial charge is 0.277 e. The molecule has 3 atom stereocenters. The number of aliphatic imine (C=N–C) groups is 1. The quantitative estimate of drug-likeness (QED) is 0.325. The summed E-state index contributed by atoms with van der Waals surface area (Å²) in [6.45, 7) is 3.42. The maximum Gasteiger partial charge on any atom is 0.261 e. The maximum absolute atomic E-state index is 15.1. The van der Waals surface area contributed by atoms with Crippen LogP contribution in [-0.2, 0) is 14.4 Å². The van der Waals surface area contributed by atoms with Gasteiger partial charge >= 0.3 is 0 Å². The number of rotatable bonds is 6. The van der Waals surface area contributed by atoms with E-state index in [1.54, 1.807) is 62.4 Å². The Balaban J connectivity index is 1.45. The lowest BCUT2D eigenvalue weighted by Gasteiger charge is -2.36. The summed E-state index contributed by atoms with van der Waals surface area (Å²) in [6, 6.07) is 36.3. The van der Waals surface area contributed by atoms with Crippen LogP contribution in [0, 0.1) is 17.3 Å². The molecule has 1 saturated heterocycles. The van der Waals surface area contributed by atoms with Crippen LogP contribution >= 0.6 is 0 Å². The zero-order valence-electron chi connectivity index (χ0n) is 24.6. The van der Waals surface area contributed by atoms with E-state index in [1.165, 1.54) is 15.0 Å². The molecule has 3 aliphatic heterocycles. The van der Waals surface area contributed by atoms with Crippen LogP contribution in [0.2, 0.25) is 0 Å². The fourth-order valence-electron chi connectivity index (χ4n) is 6.42. The fraction of sp³-hybridized carbons (Fsp3) is 0.143. The summed E-state index contributed by atoms with van der Waals surface area (Å²) in [6.07, 6.45) is 0. The molecule has 7 rings (SSSR count). The molecule has 3 heterocycles. The van der Waals surface area contributed by atoms with Gasteiger partial charge in [0.2, 0.25) is 0 Å². The molecule has 4 aromatic rings. The molecule has 1 N–H and O–H groups in total. The van der Waals surface area contributed by atoms with Crippen LogP contribution in [0.15, 0.2) is 137 Å². The van der Waals surface area contributed by atoms with Gasteiger partial charge in [-0.1, -0.05) is 72.8 Å². The number of amides is 3. The average molecular weight is 596 g/mol. The molecule has 0 aromatic heterocycles. The van der Waals surface area contributed by atoms with E-state index < -0.39 is 35.0 Å². The Bertz CT molecular complexity index is 1880. The number of hydrogen-bond acceptors (Lipinski definition) is 6. The molecule has 0 bridgehead atoms. The van der Waals surface area contributed by atoms with Gasteiger partial charge in [0.05, 0.1) is 28.5 Å². The van der Waals surface area contributed by atoms with Crippen molar-refractivity contribution < 1.29 is 14.4 Å². The van der Waals surface area contributed by atoms with Gasteiger partial charge in [-0.25, -0.2) is 15.0 Å². The highest BCUT2D eigenvalue weighted by Gasteiger charge is 2.69. The highest BCUT2D eigenvalue weighted by atomic mass is 16.2. The van der Waals surface area contributed by atoms with Crippen molar-refractivity contribution in [2.24, 2.45) is 32.4 Å². The summed E-state index contributed by atoms with van der Waals surface area (Å²) in [7, 11) is 0. The van der Waals surface area contributed by atoms with E-state index in [4.69, 9.17) is 10.1 Å². The highest BCUT2D eigenvalue weighted by molar-refractivity contribution is 6.34. The molecule has 10 nitrogen and oxygen atoms in total. The molecule has 0 radical (unpaired) electrons. The van der Waals surface area contributed by atoms with E-state index in [0.29, 0.717) is 34.2 Å². The standard InChI is InChI=1S/C35H29N7O3/c1-23-29(32(43)40(37-23)26-17-9-4-10-18-26)35(24(2)38-42(34(35)45)28-21-13-6-14-22-28)30-31(36-25-15-7-3-8-16-25)39-41(33(30)44)27-19-11-5-12-20-27/h3-22,29-30H,1-2H3,(H,36,39)/t29-,30+,35+/m0/s1. The number of anilines is 3. The minimum absolute atomic E-state index is 0.228. The SMILES string of the molecule is CC1=NN(c2ccccc2)C(=O)[C@H]1[C@]1([C@H]2C(=O)N(c3ccccc3)NC2=Nc2ccccc2)C(=O)N(c2ccccc2)N=C1C. The number of hydrazine groups is 1. The first-order chi connectivity index (χ1) is 21.9. The number of amidine groups is 1. The summed E-state index contributed by atoms with van der Waals surface area (Å²) in [4.78, 5) is 49.2. The van der Waals surface area contributed by atoms with Gasteiger partial charge in [0.15, 0.2) is 0 Å². The average Bonchev–Trinajstić information content (AvgIpc) is 3.66. The molecule has 0 aliphatic carbocycles. The lowest BCUT2D eigenvalue weighted by atomic mass is 9.61. The Kier molecular flexibility index (Phi) is 6.81. The zero-order chi connectivity index (χ0) is 31.1. The van der Waals surface area contributed by atoms with E-state index in [9.17, 15) is 9.59 Å². The second-order valence-corrected chi connectivity index (χ2v) is 11.1. The summed E-state index contributed by atoms with van der Waals surface area (Å²) < 4.78 is 0. The van der Waals surface area contributed by atoms with Gasteiger partial charge in [-0.3, -0.25) is 19.8 Å². The Hall–Kier alpha value is -5.90. The number of para-hydroxylation sites is 4. The van der Waals surface area contributed by atoms with E-state index in [-0.39, 0.29) is 5.84 Å². The van der Waals surface area contributed by atoms with Crippen molar-refractivity contribution in [3.63, 3.8) is 0 Å². The van der Waals surface area contributed by atoms with Crippen LogP contribution in [0.3, 0.4) is 0 Å². The van der Waals surface area contributed by atoms with Crippen molar-refractivity contribution in [1.29, 1.82) is 0 Å². The summed E-state index contributed by atoms with van der Waals surface area (Å²) in [5.74, 6) is -3.53. The Labute approximate surface area is 260 Å². The van der Waals surface area contributed by atoms with Crippen LogP contribution in [0.1, 0.15) is 13.8 Å². The second-order valence-electron chi connectivity index (χ2n) is 11.1. The molecule has 10 heteroatoms. The van der Waals surface area contributed by atoms with Crippen molar-refractivity contribution in [1.82, 2.24) is 5.43 Å². The molecule has 0 saturated carbocycles. The lowest BCUT2D eigenvalue weighted by molar-refractivity contribution is -0.136. The number of hydrazone groups is 2. The third-order valence-electron chi connectivity index (χ3n) is 8.43. The van der Waals surface area contributed by atoms with Crippen LogP contribution in [-0.4, -0.2) is 35.0 Å². The predicted octanol–water partition coefficient (Wildman–Crippen LogP) is 5.33. The second kappa shape index (κ2) is 11.0. The molecular weight excluding hydrogens is 566 g/mol. The number of carbonyl (C=O) groups is 3. The van der Waals surface area contributed by atoms with Crippen molar-refractivity contribution in [2.45, 2.75) is 13.8 Å². The molecular formula is C35H29N7O3. The van der Waals surface area contributed by atoms with Crippen molar-refractivity contribution >= 4 is 57.7 Å². The normalized spacial score (nSPS) is 23.9. The zero-order valence-corrected chi connectivity index (χ0v) is 24.6. The van der Waals surface area contributed by atoms with Crippen LogP contribution in [0.25, 0.3) is 0 Å². The van der Waals surface area contributed by atoms with Gasteiger partial charge in [-0.2, -0.15) is 15.2 Å². The topological polar surface area (TPSA) is 110 Å². The monoisotopic (exact) mass is 595 g/mol. The Morgan fingerprint density at radius 3 is 1.71 bits per heavy atom. The first-order valence-electron chi connectivity index (χ1n) is 14.6. The molecule has 1 fully saturated rings. The predicted molar refractivity (Wildman–Crippen MR) is 174 cm³/mol. The third kappa shape index (κ3) is 4.41. The van der Waals surface area contributed by atoms with E-state index in [0.717, 1.165) is 0 Å². The number of hydrogen-bond donors (Lipinski definition) is 1. The fourth-order valence-corrected chi connectivity index (χ4v) is 6.42. The number of nitrogens with one attached hydrogen (secondary N) is 1. The molecule has 4 aromatic carbocycles. The molecule has 3 amide bonds. The van der Waals surface area contributed by atoms with Gasteiger partial charge in [0.25, 0.3) is 17.7 Å². The van der Waals surface area contributed by atoms with Crippen LogP contribution in [0.4, 0.5) is 22.7 Å². The summed E-state index contributed by atoms with van der Waals surface area (Å²) >= 11 is 0.